The molecule has 0 fully saturated rings. The summed E-state index contributed by atoms with van der Waals surface area (Å²) >= 11 is 0. The summed E-state index contributed by atoms with van der Waals surface area (Å²) < 4.78 is 5.13. The Bertz CT molecular complexity index is 1090. The molecule has 154 valence electrons. The van der Waals surface area contributed by atoms with Gasteiger partial charge in [0.2, 0.25) is 0 Å². The van der Waals surface area contributed by atoms with Crippen molar-refractivity contribution < 1.29 is 9.53 Å². The van der Waals surface area contributed by atoms with Crippen molar-refractivity contribution in [1.82, 2.24) is 0 Å². The Morgan fingerprint density at radius 1 is 1.20 bits per heavy atom. The molecule has 0 radical (unpaired) electrons. The van der Waals surface area contributed by atoms with Crippen molar-refractivity contribution in [3.63, 3.8) is 0 Å². The van der Waals surface area contributed by atoms with Crippen LogP contribution < -0.4 is 15.0 Å². The predicted molar refractivity (Wildman–Crippen MR) is 123 cm³/mol. The van der Waals surface area contributed by atoms with Crippen LogP contribution in [0.2, 0.25) is 0 Å². The number of nitrogens with zero attached hydrogens (tertiary/aromatic N) is 2. The van der Waals surface area contributed by atoms with Gasteiger partial charge in [-0.15, -0.1) is 0 Å². The van der Waals surface area contributed by atoms with E-state index >= 15 is 0 Å². The van der Waals surface area contributed by atoms with E-state index in [1.54, 1.807) is 37.5 Å². The van der Waals surface area contributed by atoms with Crippen molar-refractivity contribution in [2.75, 3.05) is 24.4 Å². The molecule has 0 saturated heterocycles. The van der Waals surface area contributed by atoms with E-state index in [0.29, 0.717) is 11.4 Å². The van der Waals surface area contributed by atoms with Crippen LogP contribution in [0.25, 0.3) is 11.6 Å². The molecule has 0 aliphatic carbocycles. The highest BCUT2D eigenvalue weighted by Crippen LogP contribution is 2.39. The fourth-order valence-corrected chi connectivity index (χ4v) is 3.65. The number of likely N-dealkylation sites (N-methyl/N-ethyl adjacent to an activating group) is 1. The Balaban J connectivity index is 1.93. The van der Waals surface area contributed by atoms with Crippen LogP contribution in [0.15, 0.2) is 48.0 Å². The second-order valence-electron chi connectivity index (χ2n) is 8.12. The van der Waals surface area contributed by atoms with Crippen LogP contribution in [0.1, 0.15) is 37.5 Å². The van der Waals surface area contributed by atoms with Crippen LogP contribution in [-0.4, -0.2) is 25.6 Å². The quantitative estimate of drug-likeness (QED) is 0.566. The number of benzene rings is 2. The highest BCUT2D eigenvalue weighted by atomic mass is 16.5. The summed E-state index contributed by atoms with van der Waals surface area (Å²) in [5.74, 6) is 0.260. The second kappa shape index (κ2) is 8.08. The molecular formula is C25H27N3O2. The first-order valence-electron chi connectivity index (χ1n) is 9.82. The molecular weight excluding hydrogens is 374 g/mol. The van der Waals surface area contributed by atoms with Crippen molar-refractivity contribution in [3.05, 3.63) is 64.7 Å². The van der Waals surface area contributed by atoms with Gasteiger partial charge in [-0.1, -0.05) is 6.08 Å². The van der Waals surface area contributed by atoms with Gasteiger partial charge < -0.3 is 15.0 Å². The smallest absolute Gasteiger partial charge is 0.266 e. The van der Waals surface area contributed by atoms with Gasteiger partial charge in [-0.05, 0) is 86.9 Å². The highest BCUT2D eigenvalue weighted by molar-refractivity contribution is 6.09. The molecule has 0 bridgehead atoms. The molecule has 3 rings (SSSR count). The number of carbonyl (C=O) groups is 1. The van der Waals surface area contributed by atoms with Gasteiger partial charge in [0.1, 0.15) is 17.4 Å². The molecule has 1 N–H and O–H groups in total. The van der Waals surface area contributed by atoms with E-state index in [1.165, 1.54) is 5.57 Å². The molecule has 30 heavy (non-hydrogen) atoms. The van der Waals surface area contributed by atoms with E-state index in [4.69, 9.17) is 4.74 Å². The number of aryl methyl sites for hydroxylation is 1. The zero-order chi connectivity index (χ0) is 22.1. The van der Waals surface area contributed by atoms with E-state index in [9.17, 15) is 10.1 Å². The lowest BCUT2D eigenvalue weighted by Gasteiger charge is -2.41. The molecule has 0 unspecified atom stereocenters. The van der Waals surface area contributed by atoms with E-state index in [2.05, 4.69) is 56.2 Å². The van der Waals surface area contributed by atoms with Gasteiger partial charge in [0.25, 0.3) is 5.91 Å². The number of nitrogens with one attached hydrogen (secondary N) is 1. The molecule has 1 aliphatic heterocycles. The number of methoxy groups -OCH3 is 1. The second-order valence-corrected chi connectivity index (χ2v) is 8.12. The van der Waals surface area contributed by atoms with Gasteiger partial charge in [-0.25, -0.2) is 0 Å². The molecule has 2 aromatic rings. The molecule has 0 saturated carbocycles. The monoisotopic (exact) mass is 401 g/mol. The molecule has 1 amide bonds. The largest absolute Gasteiger partial charge is 0.497 e. The van der Waals surface area contributed by atoms with Crippen LogP contribution in [0.4, 0.5) is 11.4 Å². The Kier molecular flexibility index (Phi) is 5.71. The van der Waals surface area contributed by atoms with Crippen LogP contribution in [-0.2, 0) is 4.79 Å². The number of amides is 1. The van der Waals surface area contributed by atoms with Crippen LogP contribution in [0.5, 0.6) is 5.75 Å². The number of nitriles is 1. The molecule has 5 nitrogen and oxygen atoms in total. The Morgan fingerprint density at radius 2 is 1.87 bits per heavy atom. The maximum absolute atomic E-state index is 12.7. The first-order valence-corrected chi connectivity index (χ1v) is 9.82. The van der Waals surface area contributed by atoms with Gasteiger partial charge in [0, 0.05) is 24.0 Å². The van der Waals surface area contributed by atoms with Crippen LogP contribution in [0, 0.1) is 18.3 Å². The lowest BCUT2D eigenvalue weighted by Crippen LogP contribution is -2.42. The van der Waals surface area contributed by atoms with E-state index in [1.807, 2.05) is 13.0 Å². The average molecular weight is 402 g/mol. The minimum atomic E-state index is -0.440. The molecule has 0 spiro atoms. The zero-order valence-corrected chi connectivity index (χ0v) is 18.3. The lowest BCUT2D eigenvalue weighted by atomic mass is 9.87. The van der Waals surface area contributed by atoms with Gasteiger partial charge in [-0.2, -0.15) is 5.26 Å². The Labute approximate surface area is 178 Å². The maximum Gasteiger partial charge on any atom is 0.266 e. The van der Waals surface area contributed by atoms with Crippen LogP contribution in [0.3, 0.4) is 0 Å². The van der Waals surface area contributed by atoms with Crippen molar-refractivity contribution in [2.24, 2.45) is 0 Å². The number of rotatable bonds is 4. The molecule has 1 aliphatic rings. The molecule has 1 heterocycles. The number of ether oxygens (including phenoxy) is 1. The third kappa shape index (κ3) is 4.08. The fourth-order valence-electron chi connectivity index (χ4n) is 3.65. The highest BCUT2D eigenvalue weighted by Gasteiger charge is 2.28. The average Bonchev–Trinajstić information content (AvgIpc) is 2.71. The number of allylic oxidation sites excluding steroid dienone is 1. The van der Waals surface area contributed by atoms with Gasteiger partial charge >= 0.3 is 0 Å². The normalized spacial score (nSPS) is 15.0. The SMILES string of the molecule is COc1ccc(NC(=O)/C(C#N)=C\c2cc3c(cc2C)N(C)C(C)(C)C=C3C)cc1. The third-order valence-corrected chi connectivity index (χ3v) is 5.62. The minimum absolute atomic E-state index is 0.0556. The molecule has 0 aromatic heterocycles. The number of anilines is 2. The summed E-state index contributed by atoms with van der Waals surface area (Å²) in [4.78, 5) is 14.9. The predicted octanol–water partition coefficient (Wildman–Crippen LogP) is 5.18. The van der Waals surface area contributed by atoms with Crippen molar-refractivity contribution >= 4 is 28.9 Å². The van der Waals surface area contributed by atoms with E-state index in [0.717, 1.165) is 22.4 Å². The number of fused-ring (bicyclic) bond motifs is 1. The summed E-state index contributed by atoms with van der Waals surface area (Å²) in [6.45, 7) is 8.45. The zero-order valence-electron chi connectivity index (χ0n) is 18.3. The summed E-state index contributed by atoms with van der Waals surface area (Å²) in [6, 6.07) is 13.2. The standard InChI is InChI=1S/C25H27N3O2/c1-16-11-23-22(17(2)14-25(3,4)28(23)5)13-18(16)12-19(15-26)24(29)27-20-7-9-21(30-6)10-8-20/h7-14H,1-6H3,(H,27,29)/b19-12-. The van der Waals surface area contributed by atoms with E-state index < -0.39 is 5.91 Å². The summed E-state index contributed by atoms with van der Waals surface area (Å²) in [7, 11) is 3.67. The number of carbonyl (C=O) groups excluding carboxylic acids is 1. The van der Waals surface area contributed by atoms with Crippen LogP contribution >= 0.6 is 0 Å². The molecule has 2 aromatic carbocycles. The van der Waals surface area contributed by atoms with E-state index in [-0.39, 0.29) is 11.1 Å². The van der Waals surface area contributed by atoms with Crippen molar-refractivity contribution in [1.29, 1.82) is 5.26 Å². The Morgan fingerprint density at radius 3 is 2.47 bits per heavy atom. The first kappa shape index (κ1) is 21.2. The Hall–Kier alpha value is -3.52. The molecule has 5 heteroatoms. The molecule has 0 atom stereocenters. The summed E-state index contributed by atoms with van der Waals surface area (Å²) in [5, 5.41) is 12.4. The van der Waals surface area contributed by atoms with Gasteiger partial charge in [0.05, 0.1) is 12.6 Å². The number of hydrogen-bond acceptors (Lipinski definition) is 4. The fraction of sp³-hybridized carbons (Fsp3) is 0.280. The van der Waals surface area contributed by atoms with Crippen molar-refractivity contribution in [2.45, 2.75) is 33.2 Å². The van der Waals surface area contributed by atoms with Gasteiger partial charge in [-0.3, -0.25) is 4.79 Å². The summed E-state index contributed by atoms with van der Waals surface area (Å²) in [6.07, 6.45) is 3.89. The topological polar surface area (TPSA) is 65.4 Å². The van der Waals surface area contributed by atoms with Gasteiger partial charge in [0.15, 0.2) is 0 Å². The maximum atomic E-state index is 12.7. The first-order chi connectivity index (χ1) is 14.2. The minimum Gasteiger partial charge on any atom is -0.497 e. The lowest BCUT2D eigenvalue weighted by molar-refractivity contribution is -0.112. The number of hydrogen-bond donors (Lipinski definition) is 1. The third-order valence-electron chi connectivity index (χ3n) is 5.62. The summed E-state index contributed by atoms with van der Waals surface area (Å²) in [5.41, 5.74) is 5.90. The van der Waals surface area contributed by atoms with Crippen molar-refractivity contribution in [3.8, 4) is 11.8 Å².